The minimum absolute atomic E-state index is 0.0861. The molecule has 0 unspecified atom stereocenters. The topological polar surface area (TPSA) is 12.9 Å². The van der Waals surface area contributed by atoms with Crippen LogP contribution < -0.4 is 0 Å². The average molecular weight is 170 g/mol. The molecule has 12 heavy (non-hydrogen) atoms. The Hall–Kier alpha value is -1.50. The van der Waals surface area contributed by atoms with Crippen LogP contribution >= 0.6 is 0 Å². The summed E-state index contributed by atoms with van der Waals surface area (Å²) in [5.74, 6) is 1.88. The van der Waals surface area contributed by atoms with E-state index in [0.29, 0.717) is 6.20 Å². The second-order valence-corrected chi connectivity index (χ2v) is 2.05. The van der Waals surface area contributed by atoms with Gasteiger partial charge in [-0.25, -0.2) is 4.98 Å². The molecular weight excluding hydrogens is 167 g/mol. The van der Waals surface area contributed by atoms with Gasteiger partial charge in [-0.1, -0.05) is 0 Å². The second-order valence-electron chi connectivity index (χ2n) is 2.05. The SMILES string of the molecule is [C]#Cc1ccc(C(F)(F)F)cn1. The van der Waals surface area contributed by atoms with E-state index in [1.54, 1.807) is 0 Å². The summed E-state index contributed by atoms with van der Waals surface area (Å²) >= 11 is 0. The van der Waals surface area contributed by atoms with Crippen LogP contribution in [0.2, 0.25) is 0 Å². The van der Waals surface area contributed by atoms with Gasteiger partial charge in [0.05, 0.1) is 5.56 Å². The fourth-order valence-electron chi connectivity index (χ4n) is 0.635. The number of hydrogen-bond acceptors (Lipinski definition) is 1. The Bertz CT molecular complexity index is 305. The van der Waals surface area contributed by atoms with Crippen molar-refractivity contribution in [3.8, 4) is 5.92 Å². The van der Waals surface area contributed by atoms with Gasteiger partial charge in [-0.15, -0.1) is 0 Å². The molecule has 0 aromatic carbocycles. The normalized spacial score (nSPS) is 10.8. The summed E-state index contributed by atoms with van der Waals surface area (Å²) in [7, 11) is 0. The smallest absolute Gasteiger partial charge is 0.247 e. The van der Waals surface area contributed by atoms with Gasteiger partial charge < -0.3 is 0 Å². The maximum atomic E-state index is 11.9. The van der Waals surface area contributed by atoms with Crippen LogP contribution in [-0.4, -0.2) is 4.98 Å². The zero-order valence-electron chi connectivity index (χ0n) is 5.81. The van der Waals surface area contributed by atoms with Crippen LogP contribution in [0.4, 0.5) is 13.2 Å². The van der Waals surface area contributed by atoms with Crippen molar-refractivity contribution >= 4 is 0 Å². The van der Waals surface area contributed by atoms with Crippen molar-refractivity contribution in [2.24, 2.45) is 0 Å². The molecule has 4 heteroatoms. The fraction of sp³-hybridized carbons (Fsp3) is 0.125. The third-order valence-corrected chi connectivity index (χ3v) is 1.22. The number of alkyl halides is 3. The van der Waals surface area contributed by atoms with E-state index in [2.05, 4.69) is 4.98 Å². The monoisotopic (exact) mass is 170 g/mol. The summed E-state index contributed by atoms with van der Waals surface area (Å²) in [6, 6.07) is 1.96. The lowest BCUT2D eigenvalue weighted by molar-refractivity contribution is -0.137. The van der Waals surface area contributed by atoms with E-state index in [0.717, 1.165) is 12.1 Å². The fourth-order valence-corrected chi connectivity index (χ4v) is 0.635. The summed E-state index contributed by atoms with van der Waals surface area (Å²) in [5.41, 5.74) is -0.732. The maximum Gasteiger partial charge on any atom is 0.417 e. The minimum atomic E-state index is -4.37. The molecule has 0 fully saturated rings. The Morgan fingerprint density at radius 1 is 1.33 bits per heavy atom. The molecule has 1 nitrogen and oxygen atoms in total. The van der Waals surface area contributed by atoms with Gasteiger partial charge in [0.2, 0.25) is 0 Å². The van der Waals surface area contributed by atoms with E-state index in [1.807, 2.05) is 5.92 Å². The van der Waals surface area contributed by atoms with Crippen LogP contribution in [-0.2, 0) is 6.18 Å². The molecule has 1 rings (SSSR count). The lowest BCUT2D eigenvalue weighted by Gasteiger charge is -2.04. The molecule has 1 heterocycles. The van der Waals surface area contributed by atoms with Gasteiger partial charge in [-0.2, -0.15) is 13.2 Å². The first kappa shape index (κ1) is 8.60. The lowest BCUT2D eigenvalue weighted by atomic mass is 10.2. The van der Waals surface area contributed by atoms with Gasteiger partial charge in [-0.05, 0) is 24.5 Å². The predicted molar refractivity (Wildman–Crippen MR) is 35.5 cm³/mol. The number of hydrogen-bond donors (Lipinski definition) is 0. The first-order valence-corrected chi connectivity index (χ1v) is 3.00. The van der Waals surface area contributed by atoms with E-state index in [4.69, 9.17) is 6.42 Å². The van der Waals surface area contributed by atoms with E-state index in [1.165, 1.54) is 0 Å². The Morgan fingerprint density at radius 2 is 2.00 bits per heavy atom. The van der Waals surface area contributed by atoms with Crippen LogP contribution in [0, 0.1) is 12.3 Å². The average Bonchev–Trinajstić information content (AvgIpc) is 2.03. The van der Waals surface area contributed by atoms with E-state index in [9.17, 15) is 13.2 Å². The third kappa shape index (κ3) is 1.76. The first-order valence-electron chi connectivity index (χ1n) is 3.00. The first-order chi connectivity index (χ1) is 5.54. The van der Waals surface area contributed by atoms with Gasteiger partial charge in [0.25, 0.3) is 0 Å². The number of pyridine rings is 1. The highest BCUT2D eigenvalue weighted by Gasteiger charge is 2.30. The molecule has 0 bridgehead atoms. The molecule has 1 aromatic heterocycles. The molecule has 0 atom stereocenters. The minimum Gasteiger partial charge on any atom is -0.247 e. The van der Waals surface area contributed by atoms with E-state index < -0.39 is 11.7 Å². The molecule has 0 aliphatic rings. The Balaban J connectivity index is 3.02. The zero-order chi connectivity index (χ0) is 9.19. The molecule has 1 radical (unpaired) electrons. The Kier molecular flexibility index (Phi) is 2.05. The summed E-state index contributed by atoms with van der Waals surface area (Å²) in [4.78, 5) is 3.35. The molecule has 0 saturated carbocycles. The molecule has 0 spiro atoms. The van der Waals surface area contributed by atoms with Crippen LogP contribution in [0.3, 0.4) is 0 Å². The van der Waals surface area contributed by atoms with Crippen LogP contribution in [0.15, 0.2) is 18.3 Å². The highest BCUT2D eigenvalue weighted by atomic mass is 19.4. The number of halogens is 3. The van der Waals surface area contributed by atoms with Crippen molar-refractivity contribution in [3.05, 3.63) is 36.0 Å². The molecule has 0 aliphatic carbocycles. The summed E-state index contributed by atoms with van der Waals surface area (Å²) < 4.78 is 35.7. The van der Waals surface area contributed by atoms with Crippen molar-refractivity contribution < 1.29 is 13.2 Å². The van der Waals surface area contributed by atoms with Gasteiger partial charge in [-0.3, -0.25) is 0 Å². The predicted octanol–water partition coefficient (Wildman–Crippen LogP) is 2.04. The third-order valence-electron chi connectivity index (χ3n) is 1.22. The maximum absolute atomic E-state index is 11.9. The van der Waals surface area contributed by atoms with Crippen molar-refractivity contribution in [1.82, 2.24) is 4.98 Å². The van der Waals surface area contributed by atoms with Crippen LogP contribution in [0.5, 0.6) is 0 Å². The van der Waals surface area contributed by atoms with Gasteiger partial charge >= 0.3 is 6.18 Å². The van der Waals surface area contributed by atoms with Crippen molar-refractivity contribution in [1.29, 1.82) is 0 Å². The number of aromatic nitrogens is 1. The summed E-state index contributed by atoms with van der Waals surface area (Å²) in [6.45, 7) is 0. The van der Waals surface area contributed by atoms with Gasteiger partial charge in [0.15, 0.2) is 0 Å². The molecule has 1 aromatic rings. The molecule has 0 saturated heterocycles. The lowest BCUT2D eigenvalue weighted by Crippen LogP contribution is -2.05. The summed E-state index contributed by atoms with van der Waals surface area (Å²) in [5, 5.41) is 0. The van der Waals surface area contributed by atoms with Crippen molar-refractivity contribution in [2.75, 3.05) is 0 Å². The Labute approximate surface area is 67.2 Å². The molecule has 0 aliphatic heterocycles. The second kappa shape index (κ2) is 2.86. The molecular formula is C8H3F3N. The van der Waals surface area contributed by atoms with Gasteiger partial charge in [0, 0.05) is 6.20 Å². The molecule has 0 N–H and O–H groups in total. The highest BCUT2D eigenvalue weighted by molar-refractivity contribution is 5.25. The summed E-state index contributed by atoms with van der Waals surface area (Å²) in [6.07, 6.45) is 2.89. The largest absolute Gasteiger partial charge is 0.417 e. The number of rotatable bonds is 0. The van der Waals surface area contributed by atoms with E-state index >= 15 is 0 Å². The van der Waals surface area contributed by atoms with Gasteiger partial charge in [0.1, 0.15) is 5.69 Å². The van der Waals surface area contributed by atoms with Crippen molar-refractivity contribution in [2.45, 2.75) is 6.18 Å². The van der Waals surface area contributed by atoms with Crippen LogP contribution in [0.1, 0.15) is 11.3 Å². The number of nitrogens with zero attached hydrogens (tertiary/aromatic N) is 1. The standard InChI is InChI=1S/C8H3F3N/c1-2-7-4-3-6(5-12-7)8(9,10)11/h3-5H. The quantitative estimate of drug-likeness (QED) is 0.543. The molecule has 0 amide bonds. The highest BCUT2D eigenvalue weighted by Crippen LogP contribution is 2.28. The molecule has 61 valence electrons. The van der Waals surface area contributed by atoms with Crippen molar-refractivity contribution in [3.63, 3.8) is 0 Å². The zero-order valence-corrected chi connectivity index (χ0v) is 5.81. The van der Waals surface area contributed by atoms with Crippen LogP contribution in [0.25, 0.3) is 0 Å². The Morgan fingerprint density at radius 3 is 2.33 bits per heavy atom. The van der Waals surface area contributed by atoms with E-state index in [-0.39, 0.29) is 5.69 Å².